The van der Waals surface area contributed by atoms with Crippen LogP contribution in [0.5, 0.6) is 17.2 Å². The molecule has 7 rings (SSSR count). The van der Waals surface area contributed by atoms with Gasteiger partial charge in [0, 0.05) is 18.0 Å². The standard InChI is InChI=1S/C29H27N7O7/c1-40-20-9-18(34-17-5-3-2-4-16(17)20)28(39)35-23-25(38)22(11-37)43-29(23)36-13-33-24-26(31-12-32-27(24)36)30-10-15-6-7-19-21(8-15)42-14-41-19/h2-9,12-13,22-23,25,29,37-38H,10-11,14H2,1H3,(H,35,39)(H,30,31,32)/t22-,23-,25-,29-/m1/s1. The minimum atomic E-state index is -1.23. The maximum Gasteiger partial charge on any atom is 0.270 e. The Labute approximate surface area is 244 Å². The molecule has 0 radical (unpaired) electrons. The Morgan fingerprint density at radius 3 is 2.84 bits per heavy atom. The monoisotopic (exact) mass is 585 g/mol. The van der Waals surface area contributed by atoms with E-state index in [-0.39, 0.29) is 12.5 Å². The smallest absolute Gasteiger partial charge is 0.270 e. The third kappa shape index (κ3) is 4.80. The average Bonchev–Trinajstić information content (AvgIpc) is 3.76. The van der Waals surface area contributed by atoms with Crippen LogP contribution in [-0.2, 0) is 11.3 Å². The van der Waals surface area contributed by atoms with E-state index >= 15 is 0 Å². The summed E-state index contributed by atoms with van der Waals surface area (Å²) >= 11 is 0. The molecule has 2 aromatic carbocycles. The molecule has 4 N–H and O–H groups in total. The highest BCUT2D eigenvalue weighted by Crippen LogP contribution is 2.34. The van der Waals surface area contributed by atoms with Gasteiger partial charge in [-0.3, -0.25) is 9.36 Å². The Bertz CT molecular complexity index is 1830. The molecule has 5 aromatic rings. The first-order chi connectivity index (χ1) is 21.0. The second-order valence-electron chi connectivity index (χ2n) is 10.1. The fourth-order valence-corrected chi connectivity index (χ4v) is 5.35. The van der Waals surface area contributed by atoms with Crippen molar-refractivity contribution in [3.05, 3.63) is 72.4 Å². The number of methoxy groups -OCH3 is 1. The molecule has 5 heterocycles. The molecule has 3 aromatic heterocycles. The Kier molecular flexibility index (Phi) is 6.85. The van der Waals surface area contributed by atoms with Crippen molar-refractivity contribution in [3.8, 4) is 17.2 Å². The van der Waals surface area contributed by atoms with Gasteiger partial charge in [-0.05, 0) is 29.8 Å². The molecule has 0 spiro atoms. The van der Waals surface area contributed by atoms with Crippen LogP contribution < -0.4 is 24.8 Å². The fourth-order valence-electron chi connectivity index (χ4n) is 5.35. The lowest BCUT2D eigenvalue weighted by atomic mass is 10.1. The van der Waals surface area contributed by atoms with E-state index in [9.17, 15) is 15.0 Å². The van der Waals surface area contributed by atoms with Crippen molar-refractivity contribution in [2.75, 3.05) is 25.8 Å². The molecular formula is C29H27N7O7. The summed E-state index contributed by atoms with van der Waals surface area (Å²) in [5.74, 6) is 1.79. The summed E-state index contributed by atoms with van der Waals surface area (Å²) in [5, 5.41) is 27.8. The zero-order chi connectivity index (χ0) is 29.5. The summed E-state index contributed by atoms with van der Waals surface area (Å²) in [6, 6.07) is 13.5. The number of hydrogen-bond acceptors (Lipinski definition) is 12. The SMILES string of the molecule is COc1cc(C(=O)N[C@@H]2[C@H](O)[C@@H](CO)O[C@H]2n2cnc3c(NCc4ccc5c(c4)OCO5)ncnc32)nc2ccccc12. The summed E-state index contributed by atoms with van der Waals surface area (Å²) in [7, 11) is 1.52. The topological polar surface area (TPSA) is 175 Å². The summed E-state index contributed by atoms with van der Waals surface area (Å²) < 4.78 is 23.9. The predicted octanol–water partition coefficient (Wildman–Crippen LogP) is 1.77. The van der Waals surface area contributed by atoms with E-state index in [0.29, 0.717) is 46.3 Å². The number of benzene rings is 2. The molecule has 0 unspecified atom stereocenters. The van der Waals surface area contributed by atoms with Gasteiger partial charge in [-0.1, -0.05) is 18.2 Å². The molecule has 220 valence electrons. The van der Waals surface area contributed by atoms with Crippen molar-refractivity contribution >= 4 is 33.8 Å². The molecule has 0 saturated carbocycles. The molecule has 14 heteroatoms. The van der Waals surface area contributed by atoms with Crippen LogP contribution in [0.3, 0.4) is 0 Å². The molecule has 14 nitrogen and oxygen atoms in total. The summed E-state index contributed by atoms with van der Waals surface area (Å²) in [4.78, 5) is 31.2. The van der Waals surface area contributed by atoms with Crippen LogP contribution >= 0.6 is 0 Å². The Morgan fingerprint density at radius 2 is 1.98 bits per heavy atom. The molecule has 2 aliphatic rings. The molecular weight excluding hydrogens is 558 g/mol. The first kappa shape index (κ1) is 26.8. The van der Waals surface area contributed by atoms with E-state index in [1.807, 2.05) is 36.4 Å². The number of nitrogens with zero attached hydrogens (tertiary/aromatic N) is 5. The zero-order valence-corrected chi connectivity index (χ0v) is 22.9. The maximum absolute atomic E-state index is 13.4. The van der Waals surface area contributed by atoms with Crippen LogP contribution in [0.2, 0.25) is 0 Å². The van der Waals surface area contributed by atoms with Gasteiger partial charge in [-0.2, -0.15) is 0 Å². The average molecular weight is 586 g/mol. The van der Waals surface area contributed by atoms with Gasteiger partial charge < -0.3 is 39.8 Å². The number of imidazole rings is 1. The predicted molar refractivity (Wildman–Crippen MR) is 152 cm³/mol. The number of nitrogens with one attached hydrogen (secondary N) is 2. The Morgan fingerprint density at radius 1 is 1.12 bits per heavy atom. The number of anilines is 1. The second kappa shape index (κ2) is 11.0. The van der Waals surface area contributed by atoms with Gasteiger partial charge in [0.2, 0.25) is 6.79 Å². The number of fused-ring (bicyclic) bond motifs is 3. The molecule has 1 saturated heterocycles. The number of ether oxygens (including phenoxy) is 4. The van der Waals surface area contributed by atoms with E-state index in [1.54, 1.807) is 10.6 Å². The largest absolute Gasteiger partial charge is 0.496 e. The lowest BCUT2D eigenvalue weighted by molar-refractivity contribution is -0.0440. The zero-order valence-electron chi connectivity index (χ0n) is 22.9. The molecule has 1 fully saturated rings. The van der Waals surface area contributed by atoms with Crippen molar-refractivity contribution in [1.29, 1.82) is 0 Å². The van der Waals surface area contributed by atoms with Crippen molar-refractivity contribution in [2.45, 2.75) is 31.0 Å². The Hall–Kier alpha value is -5.05. The minimum Gasteiger partial charge on any atom is -0.496 e. The van der Waals surface area contributed by atoms with E-state index < -0.39 is 37.0 Å². The van der Waals surface area contributed by atoms with Gasteiger partial charge >= 0.3 is 0 Å². The Balaban J connectivity index is 1.16. The molecule has 2 aliphatic heterocycles. The number of carbonyl (C=O) groups is 1. The number of amides is 1. The molecule has 1 amide bonds. The van der Waals surface area contributed by atoms with Gasteiger partial charge in [0.05, 0.1) is 25.6 Å². The molecule has 43 heavy (non-hydrogen) atoms. The van der Waals surface area contributed by atoms with Gasteiger partial charge in [0.15, 0.2) is 34.7 Å². The summed E-state index contributed by atoms with van der Waals surface area (Å²) in [6.45, 7) is 0.164. The number of aliphatic hydroxyl groups is 2. The summed E-state index contributed by atoms with van der Waals surface area (Å²) in [5.41, 5.74) is 2.49. The third-order valence-electron chi connectivity index (χ3n) is 7.51. The quantitative estimate of drug-likeness (QED) is 0.208. The first-order valence-electron chi connectivity index (χ1n) is 13.5. The number of hydrogen-bond donors (Lipinski definition) is 4. The number of para-hydroxylation sites is 1. The molecule has 4 atom stereocenters. The normalized spacial score (nSPS) is 20.9. The number of rotatable bonds is 8. The van der Waals surface area contributed by atoms with Crippen molar-refractivity contribution in [1.82, 2.24) is 29.8 Å². The molecule has 0 aliphatic carbocycles. The first-order valence-corrected chi connectivity index (χ1v) is 13.5. The lowest BCUT2D eigenvalue weighted by Gasteiger charge is -2.23. The highest BCUT2D eigenvalue weighted by molar-refractivity contribution is 5.97. The number of pyridine rings is 1. The van der Waals surface area contributed by atoms with Crippen LogP contribution in [0.4, 0.5) is 5.82 Å². The minimum absolute atomic E-state index is 0.0989. The van der Waals surface area contributed by atoms with Crippen LogP contribution in [-0.4, -0.2) is 79.4 Å². The van der Waals surface area contributed by atoms with Gasteiger partial charge in [-0.15, -0.1) is 0 Å². The fraction of sp³-hybridized carbons (Fsp3) is 0.276. The van der Waals surface area contributed by atoms with Crippen LogP contribution in [0.25, 0.3) is 22.1 Å². The maximum atomic E-state index is 13.4. The highest BCUT2D eigenvalue weighted by atomic mass is 16.7. The van der Waals surface area contributed by atoms with Gasteiger partial charge in [0.25, 0.3) is 5.91 Å². The highest BCUT2D eigenvalue weighted by Gasteiger charge is 2.46. The van der Waals surface area contributed by atoms with E-state index in [0.717, 1.165) is 10.9 Å². The van der Waals surface area contributed by atoms with Gasteiger partial charge in [0.1, 0.15) is 36.0 Å². The van der Waals surface area contributed by atoms with E-state index in [4.69, 9.17) is 18.9 Å². The van der Waals surface area contributed by atoms with Gasteiger partial charge in [-0.25, -0.2) is 19.9 Å². The van der Waals surface area contributed by atoms with E-state index in [2.05, 4.69) is 30.6 Å². The van der Waals surface area contributed by atoms with Crippen LogP contribution in [0, 0.1) is 0 Å². The molecule has 0 bridgehead atoms. The van der Waals surface area contributed by atoms with E-state index in [1.165, 1.54) is 25.8 Å². The third-order valence-corrected chi connectivity index (χ3v) is 7.51. The lowest BCUT2D eigenvalue weighted by Crippen LogP contribution is -2.47. The van der Waals surface area contributed by atoms with Crippen molar-refractivity contribution in [2.24, 2.45) is 0 Å². The summed E-state index contributed by atoms with van der Waals surface area (Å²) in [6.07, 6.45) is -0.254. The van der Waals surface area contributed by atoms with Crippen molar-refractivity contribution in [3.63, 3.8) is 0 Å². The van der Waals surface area contributed by atoms with Crippen molar-refractivity contribution < 1.29 is 34.0 Å². The van der Waals surface area contributed by atoms with Crippen LogP contribution in [0.1, 0.15) is 22.3 Å². The number of carbonyl (C=O) groups excluding carboxylic acids is 1. The second-order valence-corrected chi connectivity index (χ2v) is 10.1. The number of aromatic nitrogens is 5. The van der Waals surface area contributed by atoms with Crippen LogP contribution in [0.15, 0.2) is 61.2 Å². The number of aliphatic hydroxyl groups excluding tert-OH is 2.